The minimum Gasteiger partial charge on any atom is -0.497 e. The maximum Gasteiger partial charge on any atom is 0.226 e. The van der Waals surface area contributed by atoms with E-state index in [0.717, 1.165) is 42.4 Å². The molecule has 1 fully saturated rings. The highest BCUT2D eigenvalue weighted by atomic mass is 16.5. The van der Waals surface area contributed by atoms with Crippen LogP contribution in [0.2, 0.25) is 0 Å². The average molecular weight is 362 g/mol. The Morgan fingerprint density at radius 1 is 1.04 bits per heavy atom. The second kappa shape index (κ2) is 7.97. The molecule has 140 valence electrons. The second-order valence-corrected chi connectivity index (χ2v) is 7.21. The lowest BCUT2D eigenvalue weighted by Gasteiger charge is -2.31. The third-order valence-corrected chi connectivity index (χ3v) is 5.46. The molecule has 0 amide bonds. The summed E-state index contributed by atoms with van der Waals surface area (Å²) in [4.78, 5) is 7.25. The third-order valence-electron chi connectivity index (χ3n) is 5.46. The van der Waals surface area contributed by atoms with Gasteiger partial charge in [-0.2, -0.15) is 0 Å². The van der Waals surface area contributed by atoms with Crippen LogP contribution in [0.1, 0.15) is 35.8 Å². The van der Waals surface area contributed by atoms with Crippen molar-refractivity contribution in [3.05, 3.63) is 71.6 Å². The molecule has 27 heavy (non-hydrogen) atoms. The van der Waals surface area contributed by atoms with Crippen LogP contribution in [0.4, 0.5) is 0 Å². The Hall–Kier alpha value is -2.59. The van der Waals surface area contributed by atoms with Crippen molar-refractivity contribution in [1.29, 1.82) is 0 Å². The number of ether oxygens (including phenoxy) is 1. The number of likely N-dealkylation sites (tertiary alicyclic amines) is 1. The van der Waals surface area contributed by atoms with E-state index < -0.39 is 0 Å². The summed E-state index contributed by atoms with van der Waals surface area (Å²) in [7, 11) is 1.67. The first-order chi connectivity index (χ1) is 13.2. The molecule has 1 aliphatic heterocycles. The van der Waals surface area contributed by atoms with E-state index in [4.69, 9.17) is 14.1 Å². The van der Waals surface area contributed by atoms with Crippen molar-refractivity contribution in [2.24, 2.45) is 0 Å². The van der Waals surface area contributed by atoms with E-state index >= 15 is 0 Å². The lowest BCUT2D eigenvalue weighted by molar-refractivity contribution is 0.202. The summed E-state index contributed by atoms with van der Waals surface area (Å²) in [6.07, 6.45) is 2.40. The van der Waals surface area contributed by atoms with Crippen molar-refractivity contribution in [2.45, 2.75) is 32.2 Å². The summed E-state index contributed by atoms with van der Waals surface area (Å²) >= 11 is 0. The third kappa shape index (κ3) is 4.06. The van der Waals surface area contributed by atoms with Gasteiger partial charge in [0.15, 0.2) is 0 Å². The molecule has 1 aromatic heterocycles. The molecule has 4 rings (SSSR count). The van der Waals surface area contributed by atoms with Crippen LogP contribution >= 0.6 is 0 Å². The predicted molar refractivity (Wildman–Crippen MR) is 107 cm³/mol. The van der Waals surface area contributed by atoms with E-state index in [0.29, 0.717) is 11.8 Å². The SMILES string of the molecule is COc1ccc(-c2nc(CN3CCC(c4ccccc4)CC3)c(C)o2)cc1. The zero-order chi connectivity index (χ0) is 18.6. The monoisotopic (exact) mass is 362 g/mol. The molecule has 0 N–H and O–H groups in total. The fourth-order valence-corrected chi connectivity index (χ4v) is 3.79. The van der Waals surface area contributed by atoms with Gasteiger partial charge in [0.2, 0.25) is 5.89 Å². The highest BCUT2D eigenvalue weighted by Crippen LogP contribution is 2.29. The molecule has 4 nitrogen and oxygen atoms in total. The minimum absolute atomic E-state index is 0.677. The Bertz CT molecular complexity index is 863. The number of piperidine rings is 1. The standard InChI is InChI=1S/C23H26N2O2/c1-17-22(24-23(27-17)20-8-10-21(26-2)11-9-20)16-25-14-12-19(13-15-25)18-6-4-3-5-7-18/h3-11,19H,12-16H2,1-2H3. The number of rotatable bonds is 5. The molecule has 0 aliphatic carbocycles. The summed E-state index contributed by atoms with van der Waals surface area (Å²) in [5, 5.41) is 0. The van der Waals surface area contributed by atoms with Crippen molar-refractivity contribution in [3.8, 4) is 17.2 Å². The van der Waals surface area contributed by atoms with Gasteiger partial charge in [-0.1, -0.05) is 30.3 Å². The number of hydrogen-bond donors (Lipinski definition) is 0. The number of oxazole rings is 1. The van der Waals surface area contributed by atoms with Crippen LogP contribution in [0.5, 0.6) is 5.75 Å². The Kier molecular flexibility index (Phi) is 5.26. The Morgan fingerprint density at radius 2 is 1.74 bits per heavy atom. The molecule has 0 unspecified atom stereocenters. The molecule has 1 aliphatic rings. The molecule has 2 aromatic carbocycles. The van der Waals surface area contributed by atoms with Crippen LogP contribution in [-0.4, -0.2) is 30.1 Å². The van der Waals surface area contributed by atoms with Gasteiger partial charge in [0.25, 0.3) is 0 Å². The van der Waals surface area contributed by atoms with Crippen molar-refractivity contribution in [3.63, 3.8) is 0 Å². The van der Waals surface area contributed by atoms with Gasteiger partial charge in [-0.25, -0.2) is 4.98 Å². The summed E-state index contributed by atoms with van der Waals surface area (Å²) in [6.45, 7) is 5.06. The Morgan fingerprint density at radius 3 is 2.41 bits per heavy atom. The van der Waals surface area contributed by atoms with E-state index in [9.17, 15) is 0 Å². The van der Waals surface area contributed by atoms with Crippen LogP contribution in [0.3, 0.4) is 0 Å². The van der Waals surface area contributed by atoms with Gasteiger partial charge < -0.3 is 9.15 Å². The minimum atomic E-state index is 0.677. The molecule has 0 atom stereocenters. The topological polar surface area (TPSA) is 38.5 Å². The molecule has 3 aromatic rings. The van der Waals surface area contributed by atoms with Crippen molar-refractivity contribution >= 4 is 0 Å². The summed E-state index contributed by atoms with van der Waals surface area (Å²) in [6, 6.07) is 18.7. The molecule has 0 bridgehead atoms. The van der Waals surface area contributed by atoms with Gasteiger partial charge in [0.1, 0.15) is 11.5 Å². The fourth-order valence-electron chi connectivity index (χ4n) is 3.79. The number of hydrogen-bond acceptors (Lipinski definition) is 4. The van der Waals surface area contributed by atoms with Crippen LogP contribution < -0.4 is 4.74 Å². The smallest absolute Gasteiger partial charge is 0.226 e. The van der Waals surface area contributed by atoms with Crippen molar-refractivity contribution in [2.75, 3.05) is 20.2 Å². The molecular weight excluding hydrogens is 336 g/mol. The van der Waals surface area contributed by atoms with E-state index in [-0.39, 0.29) is 0 Å². The first-order valence-corrected chi connectivity index (χ1v) is 9.61. The zero-order valence-corrected chi connectivity index (χ0v) is 16.0. The van der Waals surface area contributed by atoms with E-state index in [1.165, 1.54) is 18.4 Å². The van der Waals surface area contributed by atoms with Crippen molar-refractivity contribution < 1.29 is 9.15 Å². The van der Waals surface area contributed by atoms with Gasteiger partial charge >= 0.3 is 0 Å². The van der Waals surface area contributed by atoms with E-state index in [1.807, 2.05) is 31.2 Å². The normalized spacial score (nSPS) is 15.8. The largest absolute Gasteiger partial charge is 0.497 e. The summed E-state index contributed by atoms with van der Waals surface area (Å²) in [5.74, 6) is 3.11. The summed E-state index contributed by atoms with van der Waals surface area (Å²) < 4.78 is 11.1. The number of aromatic nitrogens is 1. The fraction of sp³-hybridized carbons (Fsp3) is 0.348. The Labute approximate surface area is 160 Å². The Balaban J connectivity index is 1.39. The molecule has 4 heteroatoms. The zero-order valence-electron chi connectivity index (χ0n) is 16.0. The van der Waals surface area contributed by atoms with E-state index in [1.54, 1.807) is 7.11 Å². The maximum atomic E-state index is 5.93. The van der Waals surface area contributed by atoms with Crippen LogP contribution in [0.15, 0.2) is 59.0 Å². The highest BCUT2D eigenvalue weighted by Gasteiger charge is 2.22. The summed E-state index contributed by atoms with van der Waals surface area (Å²) in [5.41, 5.74) is 3.49. The lowest BCUT2D eigenvalue weighted by atomic mass is 9.89. The number of methoxy groups -OCH3 is 1. The molecule has 0 radical (unpaired) electrons. The predicted octanol–water partition coefficient (Wildman–Crippen LogP) is 5.04. The van der Waals surface area contributed by atoms with Gasteiger partial charge in [0, 0.05) is 12.1 Å². The van der Waals surface area contributed by atoms with E-state index in [2.05, 4.69) is 35.2 Å². The lowest BCUT2D eigenvalue weighted by Crippen LogP contribution is -2.32. The first kappa shape index (κ1) is 17.8. The second-order valence-electron chi connectivity index (χ2n) is 7.21. The molecule has 2 heterocycles. The van der Waals surface area contributed by atoms with Gasteiger partial charge in [-0.3, -0.25) is 4.90 Å². The van der Waals surface area contributed by atoms with Gasteiger partial charge in [0.05, 0.1) is 12.8 Å². The average Bonchev–Trinajstić information content (AvgIpc) is 3.09. The van der Waals surface area contributed by atoms with Gasteiger partial charge in [-0.15, -0.1) is 0 Å². The van der Waals surface area contributed by atoms with Crippen LogP contribution in [-0.2, 0) is 6.54 Å². The number of aryl methyl sites for hydroxylation is 1. The number of benzene rings is 2. The van der Waals surface area contributed by atoms with Crippen LogP contribution in [0, 0.1) is 6.92 Å². The molecule has 0 saturated carbocycles. The molecule has 1 saturated heterocycles. The molecule has 0 spiro atoms. The number of nitrogens with zero attached hydrogens (tertiary/aromatic N) is 2. The van der Waals surface area contributed by atoms with Crippen LogP contribution in [0.25, 0.3) is 11.5 Å². The highest BCUT2D eigenvalue weighted by molar-refractivity contribution is 5.55. The molecular formula is C23H26N2O2. The van der Waals surface area contributed by atoms with Gasteiger partial charge in [-0.05, 0) is 68.6 Å². The first-order valence-electron chi connectivity index (χ1n) is 9.61. The maximum absolute atomic E-state index is 5.93. The quantitative estimate of drug-likeness (QED) is 0.637. The van der Waals surface area contributed by atoms with Crippen molar-refractivity contribution in [1.82, 2.24) is 9.88 Å².